The molecule has 1 aliphatic heterocycles. The summed E-state index contributed by atoms with van der Waals surface area (Å²) in [4.78, 5) is 31.7. The topological polar surface area (TPSA) is 93.1 Å². The van der Waals surface area contributed by atoms with Crippen LogP contribution in [-0.4, -0.2) is 50.9 Å². The van der Waals surface area contributed by atoms with E-state index in [4.69, 9.17) is 4.74 Å². The minimum absolute atomic E-state index is 0.179. The number of nitrogens with one attached hydrogen (secondary N) is 1. The van der Waals surface area contributed by atoms with Gasteiger partial charge in [-0.15, -0.1) is 0 Å². The molecule has 8 heteroatoms. The average molecular weight is 404 g/mol. The Bertz CT molecular complexity index is 980. The third-order valence-electron chi connectivity index (χ3n) is 5.21. The van der Waals surface area contributed by atoms with Gasteiger partial charge in [0.05, 0.1) is 12.8 Å². The molecule has 1 aliphatic rings. The van der Waals surface area contributed by atoms with E-state index in [2.05, 4.69) is 25.3 Å². The second-order valence-electron chi connectivity index (χ2n) is 7.18. The molecule has 30 heavy (non-hydrogen) atoms. The van der Waals surface area contributed by atoms with Gasteiger partial charge < -0.3 is 9.64 Å². The van der Waals surface area contributed by atoms with Crippen molar-refractivity contribution in [1.29, 1.82) is 0 Å². The Morgan fingerprint density at radius 1 is 1.10 bits per heavy atom. The highest BCUT2D eigenvalue weighted by Gasteiger charge is 2.28. The molecule has 1 fully saturated rings. The Hall–Kier alpha value is -3.55. The second-order valence-corrected chi connectivity index (χ2v) is 7.18. The first-order valence-electron chi connectivity index (χ1n) is 9.99. The molecular formula is C22H24N6O2. The van der Waals surface area contributed by atoms with Crippen LogP contribution in [0.25, 0.3) is 0 Å². The number of ether oxygens (including phenoxy) is 1. The van der Waals surface area contributed by atoms with Gasteiger partial charge in [0.15, 0.2) is 0 Å². The summed E-state index contributed by atoms with van der Waals surface area (Å²) in [5, 5.41) is 3.01. The minimum Gasteiger partial charge on any atom is -0.497 e. The zero-order valence-electron chi connectivity index (χ0n) is 16.9. The first kappa shape index (κ1) is 19.8. The number of hydrogen-bond donors (Lipinski definition) is 1. The van der Waals surface area contributed by atoms with Gasteiger partial charge in [-0.3, -0.25) is 10.1 Å². The van der Waals surface area contributed by atoms with Gasteiger partial charge in [-0.25, -0.2) is 19.9 Å². The summed E-state index contributed by atoms with van der Waals surface area (Å²) in [5.41, 5.74) is 2.06. The van der Waals surface area contributed by atoms with Gasteiger partial charge in [-0.1, -0.05) is 12.1 Å². The lowest BCUT2D eigenvalue weighted by molar-refractivity contribution is -0.130. The molecule has 1 amide bonds. The summed E-state index contributed by atoms with van der Waals surface area (Å²) < 4.78 is 5.17. The number of aryl methyl sites for hydroxylation is 1. The first-order chi connectivity index (χ1) is 14.7. The van der Waals surface area contributed by atoms with Gasteiger partial charge in [0.2, 0.25) is 17.8 Å². The summed E-state index contributed by atoms with van der Waals surface area (Å²) in [6.07, 6.45) is 7.16. The van der Waals surface area contributed by atoms with Crippen LogP contribution in [0, 0.1) is 0 Å². The molecule has 3 aromatic rings. The molecule has 4 rings (SSSR count). The number of nitrogens with zero attached hydrogens (tertiary/aromatic N) is 5. The van der Waals surface area contributed by atoms with E-state index in [-0.39, 0.29) is 11.8 Å². The molecule has 1 saturated heterocycles. The molecule has 154 valence electrons. The Labute approximate surface area is 175 Å². The van der Waals surface area contributed by atoms with Crippen LogP contribution in [0.3, 0.4) is 0 Å². The van der Waals surface area contributed by atoms with Crippen molar-refractivity contribution in [2.75, 3.05) is 25.5 Å². The largest absolute Gasteiger partial charge is 0.497 e. The quantitative estimate of drug-likeness (QED) is 0.647. The summed E-state index contributed by atoms with van der Waals surface area (Å²) in [5.74, 6) is 2.12. The highest BCUT2D eigenvalue weighted by Crippen LogP contribution is 2.27. The van der Waals surface area contributed by atoms with E-state index in [1.807, 2.05) is 35.2 Å². The van der Waals surface area contributed by atoms with Crippen molar-refractivity contribution in [2.24, 2.45) is 0 Å². The van der Waals surface area contributed by atoms with Crippen LogP contribution < -0.4 is 10.1 Å². The maximum absolute atomic E-state index is 12.7. The standard InChI is InChI=1S/C22H24N6O2/c1-30-18-6-3-16(4-7-18)5-8-20(29)28-14-10-17(15-28)19-9-13-25-22(26-19)27-21-23-11-2-12-24-21/h2-4,6-7,9,11-13,17H,5,8,10,14-15H2,1H3,(H,23,24,25,26,27)/t17-/m0/s1. The van der Waals surface area contributed by atoms with Crippen molar-refractivity contribution in [3.63, 3.8) is 0 Å². The van der Waals surface area contributed by atoms with Crippen molar-refractivity contribution >= 4 is 17.8 Å². The number of likely N-dealkylation sites (tertiary alicyclic amines) is 1. The van der Waals surface area contributed by atoms with Gasteiger partial charge >= 0.3 is 0 Å². The van der Waals surface area contributed by atoms with E-state index >= 15 is 0 Å². The third-order valence-corrected chi connectivity index (χ3v) is 5.21. The molecule has 0 unspecified atom stereocenters. The number of anilines is 2. The third kappa shape index (κ3) is 4.89. The monoisotopic (exact) mass is 404 g/mol. The number of hydrogen-bond acceptors (Lipinski definition) is 7. The van der Waals surface area contributed by atoms with E-state index in [1.165, 1.54) is 0 Å². The lowest BCUT2D eigenvalue weighted by Gasteiger charge is -2.17. The van der Waals surface area contributed by atoms with Crippen molar-refractivity contribution in [1.82, 2.24) is 24.8 Å². The van der Waals surface area contributed by atoms with Crippen LogP contribution >= 0.6 is 0 Å². The van der Waals surface area contributed by atoms with Crippen LogP contribution in [-0.2, 0) is 11.2 Å². The highest BCUT2D eigenvalue weighted by molar-refractivity contribution is 5.76. The molecule has 0 aliphatic carbocycles. The number of aromatic nitrogens is 4. The van der Waals surface area contributed by atoms with E-state index in [0.29, 0.717) is 24.9 Å². The molecule has 3 heterocycles. The number of benzene rings is 1. The summed E-state index contributed by atoms with van der Waals surface area (Å²) in [6, 6.07) is 11.5. The maximum atomic E-state index is 12.7. The number of carbonyl (C=O) groups excluding carboxylic acids is 1. The van der Waals surface area contributed by atoms with Gasteiger partial charge in [-0.05, 0) is 42.7 Å². The highest BCUT2D eigenvalue weighted by atomic mass is 16.5. The fraction of sp³-hybridized carbons (Fsp3) is 0.318. The Kier molecular flexibility index (Phi) is 6.12. The summed E-state index contributed by atoms with van der Waals surface area (Å²) in [7, 11) is 1.65. The summed E-state index contributed by atoms with van der Waals surface area (Å²) in [6.45, 7) is 1.43. The van der Waals surface area contributed by atoms with Gasteiger partial charge in [0.25, 0.3) is 0 Å². The lowest BCUT2D eigenvalue weighted by atomic mass is 10.1. The van der Waals surface area contributed by atoms with Gasteiger partial charge in [-0.2, -0.15) is 0 Å². The lowest BCUT2D eigenvalue weighted by Crippen LogP contribution is -2.28. The van der Waals surface area contributed by atoms with Crippen LogP contribution in [0.15, 0.2) is 55.0 Å². The number of carbonyl (C=O) groups is 1. The Morgan fingerprint density at radius 3 is 2.63 bits per heavy atom. The smallest absolute Gasteiger partial charge is 0.229 e. The van der Waals surface area contributed by atoms with Crippen LogP contribution in [0.1, 0.15) is 30.0 Å². The molecule has 0 saturated carbocycles. The van der Waals surface area contributed by atoms with E-state index in [9.17, 15) is 4.79 Å². The minimum atomic E-state index is 0.179. The maximum Gasteiger partial charge on any atom is 0.229 e. The molecular weight excluding hydrogens is 380 g/mol. The molecule has 0 bridgehead atoms. The van der Waals surface area contributed by atoms with Crippen LogP contribution in [0.2, 0.25) is 0 Å². The van der Waals surface area contributed by atoms with Crippen LogP contribution in [0.4, 0.5) is 11.9 Å². The molecule has 0 spiro atoms. The van der Waals surface area contributed by atoms with Crippen molar-refractivity contribution < 1.29 is 9.53 Å². The second kappa shape index (κ2) is 9.30. The molecule has 0 radical (unpaired) electrons. The number of rotatable bonds is 7. The fourth-order valence-corrected chi connectivity index (χ4v) is 3.55. The SMILES string of the molecule is COc1ccc(CCC(=O)N2CC[C@H](c3ccnc(Nc4ncccn4)n3)C2)cc1. The van der Waals surface area contributed by atoms with Crippen molar-refractivity contribution in [3.05, 3.63) is 66.2 Å². The summed E-state index contributed by atoms with van der Waals surface area (Å²) >= 11 is 0. The average Bonchev–Trinajstić information content (AvgIpc) is 3.29. The van der Waals surface area contributed by atoms with E-state index in [0.717, 1.165) is 36.4 Å². The number of methoxy groups -OCH3 is 1. The molecule has 8 nitrogen and oxygen atoms in total. The first-order valence-corrected chi connectivity index (χ1v) is 9.99. The molecule has 2 aromatic heterocycles. The normalized spacial score (nSPS) is 15.8. The van der Waals surface area contributed by atoms with Gasteiger partial charge in [0.1, 0.15) is 5.75 Å². The van der Waals surface area contributed by atoms with Crippen molar-refractivity contribution in [2.45, 2.75) is 25.2 Å². The molecule has 1 aromatic carbocycles. The predicted molar refractivity (Wildman–Crippen MR) is 113 cm³/mol. The predicted octanol–water partition coefficient (Wildman–Crippen LogP) is 2.97. The zero-order valence-corrected chi connectivity index (χ0v) is 16.9. The fourth-order valence-electron chi connectivity index (χ4n) is 3.55. The zero-order chi connectivity index (χ0) is 20.8. The molecule has 1 atom stereocenters. The molecule has 1 N–H and O–H groups in total. The van der Waals surface area contributed by atoms with E-state index < -0.39 is 0 Å². The van der Waals surface area contributed by atoms with E-state index in [1.54, 1.807) is 31.8 Å². The Morgan fingerprint density at radius 2 is 1.87 bits per heavy atom. The van der Waals surface area contributed by atoms with Crippen molar-refractivity contribution in [3.8, 4) is 5.75 Å². The van der Waals surface area contributed by atoms with Gasteiger partial charge in [0, 0.05) is 44.0 Å². The van der Waals surface area contributed by atoms with Crippen LogP contribution in [0.5, 0.6) is 5.75 Å². The number of amides is 1. The Balaban J connectivity index is 1.32.